The van der Waals surface area contributed by atoms with E-state index in [1.54, 1.807) is 43.3 Å². The number of nitrogens with one attached hydrogen (secondary N) is 1. The van der Waals surface area contributed by atoms with Gasteiger partial charge < -0.3 is 14.8 Å². The third kappa shape index (κ3) is 4.53. The van der Waals surface area contributed by atoms with E-state index in [1.165, 1.54) is 27.3 Å². The lowest BCUT2D eigenvalue weighted by molar-refractivity contribution is -0.116. The van der Waals surface area contributed by atoms with Gasteiger partial charge in [0, 0.05) is 18.8 Å². The quantitative estimate of drug-likeness (QED) is 0.799. The molecule has 2 aromatic carbocycles. The Balaban J connectivity index is 2.12. The predicted octanol–water partition coefficient (Wildman–Crippen LogP) is 2.27. The van der Waals surface area contributed by atoms with Crippen LogP contribution >= 0.6 is 0 Å². The van der Waals surface area contributed by atoms with Gasteiger partial charge in [-0.3, -0.25) is 4.79 Å². The number of anilines is 1. The van der Waals surface area contributed by atoms with Crippen molar-refractivity contribution in [3.05, 3.63) is 48.0 Å². The fourth-order valence-corrected chi connectivity index (χ4v) is 3.72. The van der Waals surface area contributed by atoms with E-state index in [9.17, 15) is 13.2 Å². The van der Waals surface area contributed by atoms with Gasteiger partial charge in [0.15, 0.2) is 0 Å². The molecule has 1 amide bonds. The average Bonchev–Trinajstić information content (AvgIpc) is 2.61. The molecule has 0 bridgehead atoms. The third-order valence-electron chi connectivity index (χ3n) is 3.79. The normalized spacial score (nSPS) is 11.3. The number of likely N-dealkylation sites (N-methyl/N-ethyl adjacent to an activating group) is 1. The zero-order chi connectivity index (χ0) is 19.3. The Morgan fingerprint density at radius 2 is 1.73 bits per heavy atom. The van der Waals surface area contributed by atoms with Gasteiger partial charge in [0.2, 0.25) is 15.9 Å². The molecule has 0 saturated heterocycles. The number of sulfonamides is 1. The molecule has 0 aromatic heterocycles. The summed E-state index contributed by atoms with van der Waals surface area (Å²) >= 11 is 0. The van der Waals surface area contributed by atoms with Crippen molar-refractivity contribution in [3.8, 4) is 11.5 Å². The molecule has 0 unspecified atom stereocenters. The van der Waals surface area contributed by atoms with Gasteiger partial charge in [-0.15, -0.1) is 0 Å². The highest BCUT2D eigenvalue weighted by Crippen LogP contribution is 2.23. The lowest BCUT2D eigenvalue weighted by Gasteiger charge is -2.18. The molecule has 0 aliphatic rings. The van der Waals surface area contributed by atoms with E-state index < -0.39 is 15.9 Å². The molecule has 26 heavy (non-hydrogen) atoms. The maximum Gasteiger partial charge on any atom is 0.243 e. The van der Waals surface area contributed by atoms with Gasteiger partial charge in [0.1, 0.15) is 11.5 Å². The second-order valence-corrected chi connectivity index (χ2v) is 7.69. The van der Waals surface area contributed by atoms with Crippen LogP contribution in [0.3, 0.4) is 0 Å². The number of ether oxygens (including phenoxy) is 2. The van der Waals surface area contributed by atoms with Gasteiger partial charge in [0.05, 0.1) is 25.7 Å². The average molecular weight is 378 g/mol. The molecule has 0 heterocycles. The molecule has 0 saturated carbocycles. The van der Waals surface area contributed by atoms with Gasteiger partial charge in [-0.25, -0.2) is 8.42 Å². The van der Waals surface area contributed by atoms with Crippen molar-refractivity contribution in [3.63, 3.8) is 0 Å². The molecule has 7 nitrogen and oxygen atoms in total. The Bertz CT molecular complexity index is 896. The predicted molar refractivity (Wildman–Crippen MR) is 99.2 cm³/mol. The molecule has 2 aromatic rings. The SMILES string of the molecule is COc1cccc(NC(=O)CN(C)S(=O)(=O)c2ccc(OC)cc2C)c1. The Labute approximate surface area is 153 Å². The van der Waals surface area contributed by atoms with Crippen molar-refractivity contribution >= 4 is 21.6 Å². The molecule has 0 fully saturated rings. The van der Waals surface area contributed by atoms with Crippen molar-refractivity contribution in [2.75, 3.05) is 33.1 Å². The minimum absolute atomic E-state index is 0.134. The first-order chi connectivity index (χ1) is 12.3. The van der Waals surface area contributed by atoms with Crippen molar-refractivity contribution in [2.45, 2.75) is 11.8 Å². The van der Waals surface area contributed by atoms with E-state index in [1.807, 2.05) is 0 Å². The van der Waals surface area contributed by atoms with Crippen molar-refractivity contribution in [2.24, 2.45) is 0 Å². The number of nitrogens with zero attached hydrogens (tertiary/aromatic N) is 1. The Kier molecular flexibility index (Phi) is 6.23. The van der Waals surface area contributed by atoms with Gasteiger partial charge in [0.25, 0.3) is 0 Å². The van der Waals surface area contributed by atoms with Crippen molar-refractivity contribution in [1.29, 1.82) is 0 Å². The fraction of sp³-hybridized carbons (Fsp3) is 0.278. The lowest BCUT2D eigenvalue weighted by atomic mass is 10.2. The zero-order valence-electron chi connectivity index (χ0n) is 15.1. The third-order valence-corrected chi connectivity index (χ3v) is 5.75. The summed E-state index contributed by atoms with van der Waals surface area (Å²) < 4.78 is 36.6. The van der Waals surface area contributed by atoms with Crippen LogP contribution in [-0.4, -0.2) is 46.4 Å². The summed E-state index contributed by atoms with van der Waals surface area (Å²) in [5.74, 6) is 0.716. The highest BCUT2D eigenvalue weighted by Gasteiger charge is 2.25. The lowest BCUT2D eigenvalue weighted by Crippen LogP contribution is -2.35. The standard InChI is InChI=1S/C18H22N2O5S/c1-13-10-16(25-4)8-9-17(13)26(22,23)20(2)12-18(21)19-14-6-5-7-15(11-14)24-3/h5-11H,12H2,1-4H3,(H,19,21). The van der Waals surface area contributed by atoms with Crippen LogP contribution in [-0.2, 0) is 14.8 Å². The van der Waals surface area contributed by atoms with Crippen LogP contribution in [0.15, 0.2) is 47.4 Å². The van der Waals surface area contributed by atoms with Crippen molar-refractivity contribution in [1.82, 2.24) is 4.31 Å². The molecular weight excluding hydrogens is 356 g/mol. The van der Waals surface area contributed by atoms with Gasteiger partial charge in [-0.05, 0) is 42.8 Å². The molecule has 8 heteroatoms. The second-order valence-electron chi connectivity index (χ2n) is 5.67. The Hall–Kier alpha value is -2.58. The molecule has 140 valence electrons. The highest BCUT2D eigenvalue weighted by atomic mass is 32.2. The number of amides is 1. The summed E-state index contributed by atoms with van der Waals surface area (Å²) in [6.45, 7) is 1.37. The van der Waals surface area contributed by atoms with Crippen LogP contribution in [0.1, 0.15) is 5.56 Å². The van der Waals surface area contributed by atoms with Crippen LogP contribution in [0.4, 0.5) is 5.69 Å². The molecule has 0 aliphatic heterocycles. The first-order valence-corrected chi connectivity index (χ1v) is 9.27. The molecule has 0 atom stereocenters. The van der Waals surface area contributed by atoms with Crippen LogP contribution in [0.2, 0.25) is 0 Å². The number of rotatable bonds is 7. The van der Waals surface area contributed by atoms with Gasteiger partial charge in [-0.1, -0.05) is 6.07 Å². The Morgan fingerprint density at radius 3 is 2.35 bits per heavy atom. The molecule has 2 rings (SSSR count). The van der Waals surface area contributed by atoms with E-state index >= 15 is 0 Å². The van der Waals surface area contributed by atoms with E-state index in [-0.39, 0.29) is 11.4 Å². The second kappa shape index (κ2) is 8.20. The number of carbonyl (C=O) groups excluding carboxylic acids is 1. The first kappa shape index (κ1) is 19.7. The first-order valence-electron chi connectivity index (χ1n) is 7.83. The molecular formula is C18H22N2O5S. The maximum atomic E-state index is 12.7. The molecule has 0 spiro atoms. The number of hydrogen-bond acceptors (Lipinski definition) is 5. The number of methoxy groups -OCH3 is 2. The summed E-state index contributed by atoms with van der Waals surface area (Å²) in [6, 6.07) is 11.5. The van der Waals surface area contributed by atoms with Crippen molar-refractivity contribution < 1.29 is 22.7 Å². The topological polar surface area (TPSA) is 84.9 Å². The summed E-state index contributed by atoms with van der Waals surface area (Å²) in [6.07, 6.45) is 0. The largest absolute Gasteiger partial charge is 0.497 e. The van der Waals surface area contributed by atoms with Gasteiger partial charge in [-0.2, -0.15) is 4.31 Å². The number of benzene rings is 2. The van der Waals surface area contributed by atoms with Gasteiger partial charge >= 0.3 is 0 Å². The Morgan fingerprint density at radius 1 is 1.08 bits per heavy atom. The number of aryl methyl sites for hydroxylation is 1. The number of carbonyl (C=O) groups is 1. The molecule has 0 aliphatic carbocycles. The molecule has 1 N–H and O–H groups in total. The summed E-state index contributed by atoms with van der Waals surface area (Å²) in [5.41, 5.74) is 1.07. The monoisotopic (exact) mass is 378 g/mol. The van der Waals surface area contributed by atoms with Crippen LogP contribution in [0.25, 0.3) is 0 Å². The zero-order valence-corrected chi connectivity index (χ0v) is 16.0. The smallest absolute Gasteiger partial charge is 0.243 e. The van der Waals surface area contributed by atoms with Crippen LogP contribution < -0.4 is 14.8 Å². The maximum absolute atomic E-state index is 12.7. The summed E-state index contributed by atoms with van der Waals surface area (Å²) in [4.78, 5) is 12.3. The minimum Gasteiger partial charge on any atom is -0.497 e. The van der Waals surface area contributed by atoms with E-state index in [4.69, 9.17) is 9.47 Å². The summed E-state index contributed by atoms with van der Waals surface area (Å²) in [7, 11) is 0.601. The molecule has 0 radical (unpaired) electrons. The number of hydrogen-bond donors (Lipinski definition) is 1. The van der Waals surface area contributed by atoms with Crippen LogP contribution in [0, 0.1) is 6.92 Å². The fourth-order valence-electron chi connectivity index (χ4n) is 2.39. The van der Waals surface area contributed by atoms with E-state index in [0.717, 1.165) is 4.31 Å². The minimum atomic E-state index is -3.80. The highest BCUT2D eigenvalue weighted by molar-refractivity contribution is 7.89. The van der Waals surface area contributed by atoms with E-state index in [2.05, 4.69) is 5.32 Å². The van der Waals surface area contributed by atoms with Crippen LogP contribution in [0.5, 0.6) is 11.5 Å². The summed E-state index contributed by atoms with van der Waals surface area (Å²) in [5, 5.41) is 2.66. The van der Waals surface area contributed by atoms with E-state index in [0.29, 0.717) is 22.7 Å².